The van der Waals surface area contributed by atoms with E-state index in [-0.39, 0.29) is 16.9 Å². The number of hydrogen-bond donors (Lipinski definition) is 1. The second-order valence-corrected chi connectivity index (χ2v) is 6.06. The molecule has 16 heavy (non-hydrogen) atoms. The van der Waals surface area contributed by atoms with Crippen molar-refractivity contribution in [2.24, 2.45) is 7.05 Å². The summed E-state index contributed by atoms with van der Waals surface area (Å²) in [6.45, 7) is 0. The molecule has 1 aromatic heterocycles. The Labute approximate surface area is 95.1 Å². The number of anilines is 1. The van der Waals surface area contributed by atoms with Gasteiger partial charge < -0.3 is 10.3 Å². The highest BCUT2D eigenvalue weighted by Gasteiger charge is 2.34. The lowest BCUT2D eigenvalue weighted by molar-refractivity contribution is 0.249. The van der Waals surface area contributed by atoms with Crippen molar-refractivity contribution in [1.82, 2.24) is 13.9 Å². The van der Waals surface area contributed by atoms with E-state index in [4.69, 9.17) is 5.73 Å². The molecule has 1 aliphatic rings. The molecule has 0 spiro atoms. The summed E-state index contributed by atoms with van der Waals surface area (Å²) in [4.78, 5) is 3.80. The zero-order valence-corrected chi connectivity index (χ0v) is 10.2. The zero-order chi connectivity index (χ0) is 11.9. The van der Waals surface area contributed by atoms with Crippen molar-refractivity contribution < 1.29 is 8.42 Å². The molecule has 6 nitrogen and oxygen atoms in total. The van der Waals surface area contributed by atoms with E-state index in [0.29, 0.717) is 0 Å². The van der Waals surface area contributed by atoms with Crippen molar-refractivity contribution in [3.63, 3.8) is 0 Å². The summed E-state index contributed by atoms with van der Waals surface area (Å²) in [7, 11) is -0.276. The van der Waals surface area contributed by atoms with Crippen LogP contribution in [-0.2, 0) is 17.1 Å². The highest BCUT2D eigenvalue weighted by molar-refractivity contribution is 7.89. The van der Waals surface area contributed by atoms with Crippen molar-refractivity contribution in [3.8, 4) is 0 Å². The van der Waals surface area contributed by atoms with Gasteiger partial charge in [-0.2, -0.15) is 4.31 Å². The Kier molecular flexibility index (Phi) is 2.67. The number of aryl methyl sites for hydroxylation is 1. The van der Waals surface area contributed by atoms with Crippen LogP contribution in [0.3, 0.4) is 0 Å². The van der Waals surface area contributed by atoms with E-state index in [9.17, 15) is 8.42 Å². The number of hydrogen-bond acceptors (Lipinski definition) is 4. The lowest BCUT2D eigenvalue weighted by Gasteiger charge is -2.33. The lowest BCUT2D eigenvalue weighted by Crippen LogP contribution is -2.41. The normalized spacial score (nSPS) is 17.7. The molecular formula is C9H16N4O2S. The lowest BCUT2D eigenvalue weighted by atomic mass is 9.94. The van der Waals surface area contributed by atoms with Gasteiger partial charge in [0.1, 0.15) is 0 Å². The van der Waals surface area contributed by atoms with Gasteiger partial charge in [-0.15, -0.1) is 0 Å². The molecule has 7 heteroatoms. The smallest absolute Gasteiger partial charge is 0.262 e. The van der Waals surface area contributed by atoms with E-state index in [1.807, 2.05) is 0 Å². The predicted molar refractivity (Wildman–Crippen MR) is 60.2 cm³/mol. The fourth-order valence-electron chi connectivity index (χ4n) is 1.83. The van der Waals surface area contributed by atoms with E-state index in [1.54, 1.807) is 14.1 Å². The second-order valence-electron chi connectivity index (χ2n) is 4.15. The molecule has 0 saturated heterocycles. The van der Waals surface area contributed by atoms with Crippen molar-refractivity contribution in [1.29, 1.82) is 0 Å². The van der Waals surface area contributed by atoms with Crippen molar-refractivity contribution in [2.75, 3.05) is 12.8 Å². The summed E-state index contributed by atoms with van der Waals surface area (Å²) in [5, 5.41) is 0.0851. The van der Waals surface area contributed by atoms with Gasteiger partial charge >= 0.3 is 0 Å². The maximum Gasteiger partial charge on any atom is 0.262 e. The minimum Gasteiger partial charge on any atom is -0.381 e. The van der Waals surface area contributed by atoms with Crippen LogP contribution in [-0.4, -0.2) is 35.4 Å². The quantitative estimate of drug-likeness (QED) is 0.822. The third-order valence-corrected chi connectivity index (χ3v) is 5.16. The molecule has 0 unspecified atom stereocenters. The van der Waals surface area contributed by atoms with Gasteiger partial charge in [0.25, 0.3) is 10.0 Å². The maximum atomic E-state index is 12.3. The van der Waals surface area contributed by atoms with Gasteiger partial charge in [-0.3, -0.25) is 0 Å². The highest BCUT2D eigenvalue weighted by Crippen LogP contribution is 2.29. The number of nitrogens with zero attached hydrogens (tertiary/aromatic N) is 3. The number of imidazole rings is 1. The zero-order valence-electron chi connectivity index (χ0n) is 9.42. The number of aromatic nitrogens is 2. The molecule has 0 amide bonds. The average Bonchev–Trinajstić information content (AvgIpc) is 2.43. The van der Waals surface area contributed by atoms with Crippen LogP contribution in [0.15, 0.2) is 11.4 Å². The SMILES string of the molecule is CN(C1CCC1)S(=O)(=O)c1c(N)ncn1C. The fraction of sp³-hybridized carbons (Fsp3) is 0.667. The first-order valence-electron chi connectivity index (χ1n) is 5.19. The average molecular weight is 244 g/mol. The molecule has 0 atom stereocenters. The first kappa shape index (κ1) is 11.4. The molecule has 1 saturated carbocycles. The van der Waals surface area contributed by atoms with Crippen LogP contribution in [0.1, 0.15) is 19.3 Å². The molecule has 0 aliphatic heterocycles. The molecule has 0 radical (unpaired) electrons. The standard InChI is InChI=1S/C9H16N4O2S/c1-12-6-11-8(10)9(12)16(14,15)13(2)7-4-3-5-7/h6-7H,3-5,10H2,1-2H3. The van der Waals surface area contributed by atoms with Crippen LogP contribution < -0.4 is 5.73 Å². The Morgan fingerprint density at radius 3 is 2.56 bits per heavy atom. The van der Waals surface area contributed by atoms with Crippen LogP contribution in [0.5, 0.6) is 0 Å². The summed E-state index contributed by atoms with van der Waals surface area (Å²) in [6, 6.07) is 0.110. The summed E-state index contributed by atoms with van der Waals surface area (Å²) in [6.07, 6.45) is 4.35. The van der Waals surface area contributed by atoms with Gasteiger partial charge in [0.15, 0.2) is 10.8 Å². The number of sulfonamides is 1. The van der Waals surface area contributed by atoms with Gasteiger partial charge in [0, 0.05) is 20.1 Å². The van der Waals surface area contributed by atoms with E-state index in [1.165, 1.54) is 15.2 Å². The predicted octanol–water partition coefficient (Wildman–Crippen LogP) is 0.175. The number of nitrogens with two attached hydrogens (primary N) is 1. The molecule has 2 N–H and O–H groups in total. The summed E-state index contributed by atoms with van der Waals surface area (Å²) in [5.41, 5.74) is 5.59. The van der Waals surface area contributed by atoms with Gasteiger partial charge in [0.05, 0.1) is 6.33 Å². The largest absolute Gasteiger partial charge is 0.381 e. The van der Waals surface area contributed by atoms with Gasteiger partial charge in [0.2, 0.25) is 0 Å². The van der Waals surface area contributed by atoms with Crippen LogP contribution in [0.2, 0.25) is 0 Å². The van der Waals surface area contributed by atoms with Crippen LogP contribution >= 0.6 is 0 Å². The van der Waals surface area contributed by atoms with Crippen LogP contribution in [0.4, 0.5) is 5.82 Å². The monoisotopic (exact) mass is 244 g/mol. The third-order valence-electron chi connectivity index (χ3n) is 3.12. The van der Waals surface area contributed by atoms with Crippen molar-refractivity contribution in [3.05, 3.63) is 6.33 Å². The van der Waals surface area contributed by atoms with E-state index in [0.717, 1.165) is 19.3 Å². The second kappa shape index (κ2) is 3.74. The van der Waals surface area contributed by atoms with Crippen molar-refractivity contribution in [2.45, 2.75) is 30.3 Å². The van der Waals surface area contributed by atoms with E-state index >= 15 is 0 Å². The number of nitrogen functional groups attached to an aromatic ring is 1. The molecule has 1 heterocycles. The van der Waals surface area contributed by atoms with E-state index in [2.05, 4.69) is 4.98 Å². The highest BCUT2D eigenvalue weighted by atomic mass is 32.2. The Morgan fingerprint density at radius 2 is 2.19 bits per heavy atom. The first-order valence-corrected chi connectivity index (χ1v) is 6.63. The van der Waals surface area contributed by atoms with Crippen LogP contribution in [0.25, 0.3) is 0 Å². The minimum absolute atomic E-state index is 0.0636. The molecule has 1 aliphatic carbocycles. The molecule has 0 aromatic carbocycles. The number of rotatable bonds is 3. The van der Waals surface area contributed by atoms with Gasteiger partial charge in [-0.25, -0.2) is 13.4 Å². The minimum atomic E-state index is -3.51. The Balaban J connectivity index is 2.38. The third kappa shape index (κ3) is 1.60. The van der Waals surface area contributed by atoms with Gasteiger partial charge in [-0.05, 0) is 12.8 Å². The molecule has 0 bridgehead atoms. The molecule has 2 rings (SSSR count). The molecular weight excluding hydrogens is 228 g/mol. The molecule has 90 valence electrons. The Morgan fingerprint density at radius 1 is 1.56 bits per heavy atom. The summed E-state index contributed by atoms with van der Waals surface area (Å²) < 4.78 is 27.4. The maximum absolute atomic E-state index is 12.3. The van der Waals surface area contributed by atoms with Crippen molar-refractivity contribution >= 4 is 15.8 Å². The molecule has 1 fully saturated rings. The Hall–Kier alpha value is -1.08. The fourth-order valence-corrected chi connectivity index (χ4v) is 3.44. The topological polar surface area (TPSA) is 81.2 Å². The van der Waals surface area contributed by atoms with E-state index < -0.39 is 10.0 Å². The van der Waals surface area contributed by atoms with Crippen LogP contribution in [0, 0.1) is 0 Å². The summed E-state index contributed by atoms with van der Waals surface area (Å²) in [5.74, 6) is 0.0636. The first-order chi connectivity index (χ1) is 7.44. The summed E-state index contributed by atoms with van der Waals surface area (Å²) >= 11 is 0. The van der Waals surface area contributed by atoms with Gasteiger partial charge in [-0.1, -0.05) is 6.42 Å². The Bertz CT molecular complexity index is 470. The molecule has 1 aromatic rings.